The first kappa shape index (κ1) is 11.4. The van der Waals surface area contributed by atoms with Crippen molar-refractivity contribution in [1.29, 1.82) is 0 Å². The number of rotatable bonds is 3. The van der Waals surface area contributed by atoms with Gasteiger partial charge in [0.15, 0.2) is 5.78 Å². The van der Waals surface area contributed by atoms with Crippen LogP contribution < -0.4 is 4.74 Å². The second-order valence-corrected chi connectivity index (χ2v) is 3.84. The van der Waals surface area contributed by atoms with Crippen molar-refractivity contribution in [3.8, 4) is 11.4 Å². The first-order chi connectivity index (χ1) is 8.11. The zero-order valence-electron chi connectivity index (χ0n) is 10.1. The highest BCUT2D eigenvalue weighted by Gasteiger charge is 2.11. The maximum atomic E-state index is 11.5. The zero-order chi connectivity index (χ0) is 12.4. The Balaban J connectivity index is 2.48. The lowest BCUT2D eigenvalue weighted by molar-refractivity contribution is 0.101. The van der Waals surface area contributed by atoms with E-state index < -0.39 is 0 Å². The van der Waals surface area contributed by atoms with Crippen LogP contribution in [0.1, 0.15) is 23.1 Å². The Hall–Kier alpha value is -2.10. The van der Waals surface area contributed by atoms with Gasteiger partial charge in [-0.2, -0.15) is 5.10 Å². The molecule has 0 bridgehead atoms. The number of methoxy groups -OCH3 is 1. The number of ketones is 1. The van der Waals surface area contributed by atoms with E-state index >= 15 is 0 Å². The Kier molecular flexibility index (Phi) is 2.95. The van der Waals surface area contributed by atoms with Gasteiger partial charge in [-0.25, -0.2) is 4.68 Å². The molecule has 1 aromatic heterocycles. The molecule has 0 N–H and O–H groups in total. The number of aromatic nitrogens is 2. The summed E-state index contributed by atoms with van der Waals surface area (Å²) >= 11 is 0. The summed E-state index contributed by atoms with van der Waals surface area (Å²) in [4.78, 5) is 11.5. The monoisotopic (exact) mass is 230 g/mol. The molecule has 0 saturated heterocycles. The summed E-state index contributed by atoms with van der Waals surface area (Å²) in [5.41, 5.74) is 2.27. The van der Waals surface area contributed by atoms with Crippen molar-refractivity contribution >= 4 is 5.78 Å². The fourth-order valence-corrected chi connectivity index (χ4v) is 1.67. The first-order valence-corrected chi connectivity index (χ1v) is 5.34. The van der Waals surface area contributed by atoms with Gasteiger partial charge in [-0.05, 0) is 37.3 Å². The second kappa shape index (κ2) is 4.41. The molecule has 0 amide bonds. The van der Waals surface area contributed by atoms with Crippen LogP contribution in [0.15, 0.2) is 30.3 Å². The van der Waals surface area contributed by atoms with E-state index in [1.54, 1.807) is 17.9 Å². The average molecular weight is 230 g/mol. The SMILES string of the molecule is COc1ccc(-n2nc(C)cc2C(C)=O)cc1. The van der Waals surface area contributed by atoms with Crippen LogP contribution in [0.25, 0.3) is 5.69 Å². The molecule has 2 aromatic rings. The number of nitrogens with zero attached hydrogens (tertiary/aromatic N) is 2. The van der Waals surface area contributed by atoms with Gasteiger partial charge in [-0.1, -0.05) is 0 Å². The molecule has 0 saturated carbocycles. The lowest BCUT2D eigenvalue weighted by Crippen LogP contribution is -2.05. The van der Waals surface area contributed by atoms with Crippen LogP contribution in [0.5, 0.6) is 5.75 Å². The number of carbonyl (C=O) groups is 1. The molecule has 1 aromatic carbocycles. The van der Waals surface area contributed by atoms with E-state index in [1.165, 1.54) is 6.92 Å². The molecule has 0 aliphatic carbocycles. The summed E-state index contributed by atoms with van der Waals surface area (Å²) in [6.07, 6.45) is 0. The van der Waals surface area contributed by atoms with Gasteiger partial charge in [0, 0.05) is 6.92 Å². The number of aryl methyl sites for hydroxylation is 1. The van der Waals surface area contributed by atoms with Gasteiger partial charge >= 0.3 is 0 Å². The summed E-state index contributed by atoms with van der Waals surface area (Å²) < 4.78 is 6.74. The van der Waals surface area contributed by atoms with E-state index in [2.05, 4.69) is 5.10 Å². The first-order valence-electron chi connectivity index (χ1n) is 5.34. The number of Topliss-reactive ketones (excluding diaryl/α,β-unsaturated/α-hetero) is 1. The fourth-order valence-electron chi connectivity index (χ4n) is 1.67. The molecule has 2 rings (SSSR count). The standard InChI is InChI=1S/C13H14N2O2/c1-9-8-13(10(2)16)15(14-9)11-4-6-12(17-3)7-5-11/h4-8H,1-3H3. The summed E-state index contributed by atoms with van der Waals surface area (Å²) in [7, 11) is 1.62. The van der Waals surface area contributed by atoms with Gasteiger partial charge in [-0.15, -0.1) is 0 Å². The fraction of sp³-hybridized carbons (Fsp3) is 0.231. The lowest BCUT2D eigenvalue weighted by atomic mass is 10.2. The highest BCUT2D eigenvalue weighted by Crippen LogP contribution is 2.17. The van der Waals surface area contributed by atoms with Gasteiger partial charge in [-0.3, -0.25) is 4.79 Å². The average Bonchev–Trinajstić information content (AvgIpc) is 2.72. The minimum Gasteiger partial charge on any atom is -0.497 e. The number of ether oxygens (including phenoxy) is 1. The molecule has 0 aliphatic rings. The summed E-state index contributed by atoms with van der Waals surface area (Å²) in [5, 5.41) is 4.31. The smallest absolute Gasteiger partial charge is 0.178 e. The third kappa shape index (κ3) is 2.20. The molecular formula is C13H14N2O2. The van der Waals surface area contributed by atoms with Crippen LogP contribution in [-0.4, -0.2) is 22.7 Å². The maximum absolute atomic E-state index is 11.5. The highest BCUT2D eigenvalue weighted by atomic mass is 16.5. The molecule has 88 valence electrons. The van der Waals surface area contributed by atoms with Crippen LogP contribution >= 0.6 is 0 Å². The van der Waals surface area contributed by atoms with Crippen molar-refractivity contribution in [2.45, 2.75) is 13.8 Å². The molecule has 4 nitrogen and oxygen atoms in total. The van der Waals surface area contributed by atoms with Crippen LogP contribution in [0.4, 0.5) is 0 Å². The molecular weight excluding hydrogens is 216 g/mol. The molecule has 0 fully saturated rings. The Bertz CT molecular complexity index is 541. The molecule has 4 heteroatoms. The summed E-state index contributed by atoms with van der Waals surface area (Å²) in [5.74, 6) is 0.781. The van der Waals surface area contributed by atoms with Crippen molar-refractivity contribution in [3.63, 3.8) is 0 Å². The Labute approximate surface area is 99.8 Å². The predicted octanol–water partition coefficient (Wildman–Crippen LogP) is 2.39. The van der Waals surface area contributed by atoms with Gasteiger partial charge in [0.25, 0.3) is 0 Å². The molecule has 0 radical (unpaired) electrons. The van der Waals surface area contributed by atoms with Crippen molar-refractivity contribution in [2.75, 3.05) is 7.11 Å². The van der Waals surface area contributed by atoms with E-state index in [0.717, 1.165) is 17.1 Å². The van der Waals surface area contributed by atoms with Gasteiger partial charge in [0.05, 0.1) is 18.5 Å². The van der Waals surface area contributed by atoms with Crippen molar-refractivity contribution in [1.82, 2.24) is 9.78 Å². The number of hydrogen-bond acceptors (Lipinski definition) is 3. The minimum absolute atomic E-state index is 0.00131. The van der Waals surface area contributed by atoms with E-state index in [0.29, 0.717) is 5.69 Å². The van der Waals surface area contributed by atoms with E-state index in [-0.39, 0.29) is 5.78 Å². The van der Waals surface area contributed by atoms with E-state index in [9.17, 15) is 4.79 Å². The third-order valence-electron chi connectivity index (χ3n) is 2.51. The normalized spacial score (nSPS) is 10.3. The Morgan fingerprint density at radius 3 is 2.47 bits per heavy atom. The number of carbonyl (C=O) groups excluding carboxylic acids is 1. The highest BCUT2D eigenvalue weighted by molar-refractivity contribution is 5.93. The third-order valence-corrected chi connectivity index (χ3v) is 2.51. The van der Waals surface area contributed by atoms with Gasteiger partial charge < -0.3 is 4.74 Å². The molecule has 17 heavy (non-hydrogen) atoms. The Morgan fingerprint density at radius 1 is 1.29 bits per heavy atom. The quantitative estimate of drug-likeness (QED) is 0.760. The van der Waals surface area contributed by atoms with Crippen LogP contribution in [0.3, 0.4) is 0 Å². The van der Waals surface area contributed by atoms with Crippen molar-refractivity contribution in [2.24, 2.45) is 0 Å². The second-order valence-electron chi connectivity index (χ2n) is 3.84. The zero-order valence-corrected chi connectivity index (χ0v) is 10.1. The summed E-state index contributed by atoms with van der Waals surface area (Å²) in [6, 6.07) is 9.22. The van der Waals surface area contributed by atoms with Crippen LogP contribution in [0, 0.1) is 6.92 Å². The largest absolute Gasteiger partial charge is 0.497 e. The maximum Gasteiger partial charge on any atom is 0.178 e. The van der Waals surface area contributed by atoms with E-state index in [1.807, 2.05) is 31.2 Å². The predicted molar refractivity (Wildman–Crippen MR) is 64.9 cm³/mol. The lowest BCUT2D eigenvalue weighted by Gasteiger charge is -2.06. The van der Waals surface area contributed by atoms with Crippen LogP contribution in [-0.2, 0) is 0 Å². The summed E-state index contributed by atoms with van der Waals surface area (Å²) in [6.45, 7) is 3.41. The Morgan fingerprint density at radius 2 is 1.94 bits per heavy atom. The van der Waals surface area contributed by atoms with Gasteiger partial charge in [0.2, 0.25) is 0 Å². The molecule has 0 aliphatic heterocycles. The molecule has 0 spiro atoms. The van der Waals surface area contributed by atoms with E-state index in [4.69, 9.17) is 4.74 Å². The van der Waals surface area contributed by atoms with Gasteiger partial charge in [0.1, 0.15) is 11.4 Å². The van der Waals surface area contributed by atoms with Crippen molar-refractivity contribution in [3.05, 3.63) is 41.7 Å². The molecule has 0 unspecified atom stereocenters. The number of hydrogen-bond donors (Lipinski definition) is 0. The minimum atomic E-state index is 0.00131. The van der Waals surface area contributed by atoms with Crippen molar-refractivity contribution < 1.29 is 9.53 Å². The topological polar surface area (TPSA) is 44.1 Å². The molecule has 0 atom stereocenters. The number of benzene rings is 1. The molecule has 1 heterocycles. The van der Waals surface area contributed by atoms with Crippen LogP contribution in [0.2, 0.25) is 0 Å².